The number of rotatable bonds is 6. The topological polar surface area (TPSA) is 86.6 Å². The van der Waals surface area contributed by atoms with E-state index in [1.165, 1.54) is 11.8 Å². The van der Waals surface area contributed by atoms with Crippen LogP contribution >= 0.6 is 24.0 Å². The number of carboxylic acids is 2. The number of carbonyl (C=O) groups is 2. The summed E-state index contributed by atoms with van der Waals surface area (Å²) < 4.78 is 0.385. The molecule has 0 bridgehead atoms. The van der Waals surface area contributed by atoms with Crippen LogP contribution in [0.2, 0.25) is 0 Å². The molecule has 0 aliphatic heterocycles. The maximum Gasteiger partial charge on any atom is 0.326 e. The Balaban J connectivity index is 4.10. The van der Waals surface area contributed by atoms with Crippen LogP contribution in [0.25, 0.3) is 0 Å². The van der Waals surface area contributed by atoms with Gasteiger partial charge >= 0.3 is 11.9 Å². The first-order chi connectivity index (χ1) is 6.97. The van der Waals surface area contributed by atoms with Crippen molar-refractivity contribution in [1.29, 1.82) is 0 Å². The second kappa shape index (κ2) is 7.47. The molecule has 0 rings (SSSR count). The lowest BCUT2D eigenvalue weighted by atomic mass is 10.1. The fraction of sp³-hybridized carbons (Fsp3) is 0.625. The molecule has 0 aromatic heterocycles. The molecule has 1 atom stereocenters. The van der Waals surface area contributed by atoms with Gasteiger partial charge in [0.05, 0.1) is 0 Å². The molecule has 0 aromatic rings. The van der Waals surface area contributed by atoms with E-state index in [2.05, 4.69) is 5.32 Å². The Labute approximate surface area is 97.2 Å². The molecule has 7 heteroatoms. The highest BCUT2D eigenvalue weighted by Gasteiger charge is 2.19. The van der Waals surface area contributed by atoms with E-state index in [1.54, 1.807) is 0 Å². The van der Waals surface area contributed by atoms with Crippen LogP contribution in [0.4, 0.5) is 0 Å². The fourth-order valence-electron chi connectivity index (χ4n) is 0.840. The first-order valence-electron chi connectivity index (χ1n) is 4.35. The number of thioether (sulfide) groups is 1. The van der Waals surface area contributed by atoms with Crippen LogP contribution < -0.4 is 5.32 Å². The van der Waals surface area contributed by atoms with Gasteiger partial charge in [0.1, 0.15) is 10.4 Å². The summed E-state index contributed by atoms with van der Waals surface area (Å²) in [5.74, 6) is -1.36. The van der Waals surface area contributed by atoms with Crippen molar-refractivity contribution < 1.29 is 19.8 Å². The molecule has 0 amide bonds. The van der Waals surface area contributed by atoms with Crippen LogP contribution in [0.3, 0.4) is 0 Å². The molecule has 0 aliphatic carbocycles. The SMILES string of the molecule is CCSC(=S)NC(CCC(=O)O)C(=O)O. The smallest absolute Gasteiger partial charge is 0.326 e. The predicted octanol–water partition coefficient (Wildman–Crippen LogP) is 0.932. The summed E-state index contributed by atoms with van der Waals surface area (Å²) in [6, 6.07) is -0.923. The maximum absolute atomic E-state index is 10.7. The lowest BCUT2D eigenvalue weighted by molar-refractivity contribution is -0.140. The Bertz CT molecular complexity index is 257. The van der Waals surface area contributed by atoms with Gasteiger partial charge in [0, 0.05) is 6.42 Å². The largest absolute Gasteiger partial charge is 0.481 e. The van der Waals surface area contributed by atoms with Crippen LogP contribution in [0.5, 0.6) is 0 Å². The quantitative estimate of drug-likeness (QED) is 0.605. The number of hydrogen-bond acceptors (Lipinski definition) is 4. The average molecular weight is 251 g/mol. The fourth-order valence-corrected chi connectivity index (χ4v) is 1.82. The van der Waals surface area contributed by atoms with Gasteiger partial charge in [-0.3, -0.25) is 4.79 Å². The molecule has 3 N–H and O–H groups in total. The molecule has 0 aromatic carbocycles. The number of nitrogens with one attached hydrogen (secondary N) is 1. The summed E-state index contributed by atoms with van der Waals surface area (Å²) in [6.45, 7) is 1.89. The van der Waals surface area contributed by atoms with Crippen LogP contribution in [-0.2, 0) is 9.59 Å². The Morgan fingerprint density at radius 3 is 2.47 bits per heavy atom. The molecule has 0 radical (unpaired) electrons. The van der Waals surface area contributed by atoms with E-state index in [0.29, 0.717) is 4.32 Å². The lowest BCUT2D eigenvalue weighted by Gasteiger charge is -2.14. The molecule has 15 heavy (non-hydrogen) atoms. The van der Waals surface area contributed by atoms with Crippen molar-refractivity contribution in [3.63, 3.8) is 0 Å². The van der Waals surface area contributed by atoms with Crippen molar-refractivity contribution in [2.24, 2.45) is 0 Å². The number of aliphatic carboxylic acids is 2. The van der Waals surface area contributed by atoms with Gasteiger partial charge in [0.15, 0.2) is 0 Å². The first-order valence-corrected chi connectivity index (χ1v) is 5.74. The number of carboxylic acid groups (broad SMARTS) is 2. The highest BCUT2D eigenvalue weighted by molar-refractivity contribution is 8.22. The van der Waals surface area contributed by atoms with Gasteiger partial charge in [-0.05, 0) is 12.2 Å². The zero-order valence-electron chi connectivity index (χ0n) is 8.23. The van der Waals surface area contributed by atoms with Crippen LogP contribution in [0, 0.1) is 0 Å². The minimum atomic E-state index is -1.09. The second-order valence-electron chi connectivity index (χ2n) is 2.69. The first kappa shape index (κ1) is 14.2. The van der Waals surface area contributed by atoms with E-state index in [4.69, 9.17) is 22.4 Å². The Morgan fingerprint density at radius 1 is 1.47 bits per heavy atom. The average Bonchev–Trinajstić information content (AvgIpc) is 2.11. The molecule has 0 saturated heterocycles. The van der Waals surface area contributed by atoms with E-state index in [0.717, 1.165) is 5.75 Å². The summed E-state index contributed by atoms with van der Waals surface area (Å²) in [7, 11) is 0. The second-order valence-corrected chi connectivity index (χ2v) is 4.63. The van der Waals surface area contributed by atoms with E-state index in [-0.39, 0.29) is 12.8 Å². The monoisotopic (exact) mass is 251 g/mol. The van der Waals surface area contributed by atoms with E-state index in [1.807, 2.05) is 6.92 Å². The minimum Gasteiger partial charge on any atom is -0.481 e. The standard InChI is InChI=1S/C8H13NO4S2/c1-2-15-8(14)9-5(7(12)13)3-4-6(10)11/h5H,2-4H2,1H3,(H,9,14)(H,10,11)(H,12,13). The Morgan fingerprint density at radius 2 is 2.07 bits per heavy atom. The van der Waals surface area contributed by atoms with Gasteiger partial charge < -0.3 is 15.5 Å². The summed E-state index contributed by atoms with van der Waals surface area (Å²) in [5.41, 5.74) is 0. The lowest BCUT2D eigenvalue weighted by Crippen LogP contribution is -2.39. The normalized spacial score (nSPS) is 11.8. The summed E-state index contributed by atoms with van der Waals surface area (Å²) in [4.78, 5) is 21.0. The highest BCUT2D eigenvalue weighted by atomic mass is 32.2. The van der Waals surface area contributed by atoms with E-state index in [9.17, 15) is 9.59 Å². The molecule has 0 heterocycles. The van der Waals surface area contributed by atoms with Crippen molar-refractivity contribution in [2.75, 3.05) is 5.75 Å². The van der Waals surface area contributed by atoms with Crippen molar-refractivity contribution in [3.8, 4) is 0 Å². The summed E-state index contributed by atoms with van der Waals surface area (Å²) in [5, 5.41) is 19.8. The Hall–Kier alpha value is -0.820. The van der Waals surface area contributed by atoms with Crippen LogP contribution in [-0.4, -0.2) is 38.3 Å². The molecule has 86 valence electrons. The van der Waals surface area contributed by atoms with E-state index < -0.39 is 18.0 Å². The molecule has 0 fully saturated rings. The maximum atomic E-state index is 10.7. The van der Waals surface area contributed by atoms with Gasteiger partial charge in [0.25, 0.3) is 0 Å². The van der Waals surface area contributed by atoms with Crippen molar-refractivity contribution in [1.82, 2.24) is 5.32 Å². The van der Waals surface area contributed by atoms with Crippen molar-refractivity contribution in [2.45, 2.75) is 25.8 Å². The molecule has 5 nitrogen and oxygen atoms in total. The minimum absolute atomic E-state index is 0.0229. The van der Waals surface area contributed by atoms with Gasteiger partial charge in [0.2, 0.25) is 0 Å². The predicted molar refractivity (Wildman–Crippen MR) is 62.2 cm³/mol. The van der Waals surface area contributed by atoms with Crippen molar-refractivity contribution >= 4 is 40.2 Å². The molecular weight excluding hydrogens is 238 g/mol. The number of hydrogen-bond donors (Lipinski definition) is 3. The summed E-state index contributed by atoms with van der Waals surface area (Å²) >= 11 is 6.19. The molecule has 1 unspecified atom stereocenters. The molecule has 0 aliphatic rings. The summed E-state index contributed by atoms with van der Waals surface area (Å²) in [6.07, 6.45) is -0.168. The zero-order valence-corrected chi connectivity index (χ0v) is 9.86. The van der Waals surface area contributed by atoms with Crippen LogP contribution in [0.1, 0.15) is 19.8 Å². The number of thiocarbonyl (C=S) groups is 1. The van der Waals surface area contributed by atoms with Crippen molar-refractivity contribution in [3.05, 3.63) is 0 Å². The Kier molecular flexibility index (Phi) is 7.06. The third kappa shape index (κ3) is 7.15. The molecule has 0 saturated carbocycles. The zero-order chi connectivity index (χ0) is 11.8. The highest BCUT2D eigenvalue weighted by Crippen LogP contribution is 2.05. The van der Waals surface area contributed by atoms with Crippen LogP contribution in [0.15, 0.2) is 0 Å². The van der Waals surface area contributed by atoms with E-state index >= 15 is 0 Å². The van der Waals surface area contributed by atoms with Gasteiger partial charge in [-0.25, -0.2) is 4.79 Å². The third-order valence-corrected chi connectivity index (χ3v) is 2.65. The van der Waals surface area contributed by atoms with Gasteiger partial charge in [-0.15, -0.1) is 0 Å². The van der Waals surface area contributed by atoms with Gasteiger partial charge in [-0.2, -0.15) is 0 Å². The van der Waals surface area contributed by atoms with Gasteiger partial charge in [-0.1, -0.05) is 30.9 Å². The molecular formula is C8H13NO4S2. The third-order valence-electron chi connectivity index (χ3n) is 1.51. The molecule has 0 spiro atoms.